The van der Waals surface area contributed by atoms with Crippen LogP contribution >= 0.6 is 0 Å². The molecule has 0 bridgehead atoms. The number of carbonyl (C=O) groups is 1. The van der Waals surface area contributed by atoms with Crippen LogP contribution in [0, 0.1) is 12.5 Å². The molecule has 0 spiro atoms. The lowest BCUT2D eigenvalue weighted by atomic mass is 9.99. The third-order valence-corrected chi connectivity index (χ3v) is 2.39. The molecule has 1 radical (unpaired) electrons. The summed E-state index contributed by atoms with van der Waals surface area (Å²) in [6.07, 6.45) is 8.26. The first-order valence-corrected chi connectivity index (χ1v) is 5.53. The number of hydrogen-bond acceptors (Lipinski definition) is 2. The number of rotatable bonds is 10. The zero-order chi connectivity index (χ0) is 11.5. The summed E-state index contributed by atoms with van der Waals surface area (Å²) in [6.45, 7) is 11.8. The highest BCUT2D eigenvalue weighted by molar-refractivity contribution is 5.39. The third kappa shape index (κ3) is 9.26. The van der Waals surface area contributed by atoms with Crippen LogP contribution in [0.2, 0.25) is 0 Å². The van der Waals surface area contributed by atoms with E-state index in [-0.39, 0.29) is 0 Å². The molecular formula is C13H21O2. The lowest BCUT2D eigenvalue weighted by Crippen LogP contribution is -1.93. The largest absolute Gasteiger partial charge is 0.433 e. The van der Waals surface area contributed by atoms with Crippen molar-refractivity contribution in [3.05, 3.63) is 25.0 Å². The van der Waals surface area contributed by atoms with Gasteiger partial charge in [0.15, 0.2) is 0 Å². The maximum Gasteiger partial charge on any atom is 0.298 e. The van der Waals surface area contributed by atoms with Gasteiger partial charge in [0.1, 0.15) is 5.76 Å². The van der Waals surface area contributed by atoms with Gasteiger partial charge in [0.05, 0.1) is 0 Å². The minimum Gasteiger partial charge on any atom is -0.433 e. The van der Waals surface area contributed by atoms with Gasteiger partial charge in [-0.05, 0) is 25.3 Å². The first-order chi connectivity index (χ1) is 7.20. The molecule has 0 aromatic rings. The fraction of sp³-hybridized carbons (Fsp3) is 0.615. The van der Waals surface area contributed by atoms with Gasteiger partial charge in [-0.2, -0.15) is 0 Å². The Morgan fingerprint density at radius 1 is 1.47 bits per heavy atom. The SMILES string of the molecule is [CH]=C(CCCCC[C@@H](C)CC=C)OC=O. The highest BCUT2D eigenvalue weighted by atomic mass is 16.5. The minimum atomic E-state index is 0.323. The molecule has 0 amide bonds. The summed E-state index contributed by atoms with van der Waals surface area (Å²) in [4.78, 5) is 9.93. The second-order valence-corrected chi connectivity index (χ2v) is 3.91. The van der Waals surface area contributed by atoms with E-state index in [0.717, 1.165) is 25.2 Å². The molecule has 2 heteroatoms. The van der Waals surface area contributed by atoms with Gasteiger partial charge in [0.25, 0.3) is 6.47 Å². The van der Waals surface area contributed by atoms with Gasteiger partial charge in [0.2, 0.25) is 0 Å². The van der Waals surface area contributed by atoms with Crippen molar-refractivity contribution >= 4 is 6.47 Å². The van der Waals surface area contributed by atoms with Crippen molar-refractivity contribution in [3.63, 3.8) is 0 Å². The number of ether oxygens (including phenoxy) is 1. The minimum absolute atomic E-state index is 0.323. The van der Waals surface area contributed by atoms with Gasteiger partial charge in [0, 0.05) is 6.42 Å². The van der Waals surface area contributed by atoms with E-state index < -0.39 is 0 Å². The lowest BCUT2D eigenvalue weighted by molar-refractivity contribution is -0.125. The molecule has 0 aliphatic heterocycles. The molecule has 15 heavy (non-hydrogen) atoms. The first-order valence-electron chi connectivity index (χ1n) is 5.53. The van der Waals surface area contributed by atoms with Crippen molar-refractivity contribution in [1.82, 2.24) is 0 Å². The highest BCUT2D eigenvalue weighted by Gasteiger charge is 2.00. The van der Waals surface area contributed by atoms with E-state index in [1.54, 1.807) is 0 Å². The quantitative estimate of drug-likeness (QED) is 0.238. The van der Waals surface area contributed by atoms with Crippen molar-refractivity contribution in [2.24, 2.45) is 5.92 Å². The molecule has 0 saturated carbocycles. The smallest absolute Gasteiger partial charge is 0.298 e. The summed E-state index contributed by atoms with van der Waals surface area (Å²) in [5.74, 6) is 1.04. The number of unbranched alkanes of at least 4 members (excludes halogenated alkanes) is 2. The maximum atomic E-state index is 9.93. The molecule has 0 N–H and O–H groups in total. The Hall–Kier alpha value is -1.05. The molecule has 0 aromatic heterocycles. The molecule has 1 atom stereocenters. The van der Waals surface area contributed by atoms with Crippen molar-refractivity contribution in [2.45, 2.75) is 45.4 Å². The van der Waals surface area contributed by atoms with Crippen LogP contribution in [-0.4, -0.2) is 6.47 Å². The van der Waals surface area contributed by atoms with Gasteiger partial charge in [-0.3, -0.25) is 4.79 Å². The van der Waals surface area contributed by atoms with Gasteiger partial charge in [-0.1, -0.05) is 32.3 Å². The van der Waals surface area contributed by atoms with Crippen LogP contribution in [0.25, 0.3) is 0 Å². The summed E-state index contributed by atoms with van der Waals surface area (Å²) in [7, 11) is 0. The van der Waals surface area contributed by atoms with Crippen LogP contribution < -0.4 is 0 Å². The summed E-state index contributed by atoms with van der Waals surface area (Å²) in [6, 6.07) is 0. The Bertz CT molecular complexity index is 197. The zero-order valence-electron chi connectivity index (χ0n) is 9.58. The summed E-state index contributed by atoms with van der Waals surface area (Å²) in [5, 5.41) is 0. The van der Waals surface area contributed by atoms with Crippen LogP contribution in [0.4, 0.5) is 0 Å². The fourth-order valence-electron chi connectivity index (χ4n) is 1.49. The number of allylic oxidation sites excluding steroid dienone is 2. The monoisotopic (exact) mass is 209 g/mol. The third-order valence-electron chi connectivity index (χ3n) is 2.39. The molecular weight excluding hydrogens is 188 g/mol. The molecule has 0 saturated heterocycles. The van der Waals surface area contributed by atoms with E-state index in [4.69, 9.17) is 6.58 Å². The highest BCUT2D eigenvalue weighted by Crippen LogP contribution is 2.15. The van der Waals surface area contributed by atoms with E-state index >= 15 is 0 Å². The fourth-order valence-corrected chi connectivity index (χ4v) is 1.49. The van der Waals surface area contributed by atoms with Gasteiger partial charge >= 0.3 is 0 Å². The molecule has 2 nitrogen and oxygen atoms in total. The van der Waals surface area contributed by atoms with Crippen LogP contribution in [0.5, 0.6) is 0 Å². The number of carbonyl (C=O) groups excluding carboxylic acids is 1. The molecule has 0 rings (SSSR count). The normalized spacial score (nSPS) is 11.8. The van der Waals surface area contributed by atoms with Gasteiger partial charge in [-0.15, -0.1) is 6.58 Å². The van der Waals surface area contributed by atoms with Crippen molar-refractivity contribution in [3.8, 4) is 0 Å². The molecule has 0 aromatic carbocycles. The van der Waals surface area contributed by atoms with E-state index in [0.29, 0.717) is 18.7 Å². The Morgan fingerprint density at radius 3 is 2.80 bits per heavy atom. The van der Waals surface area contributed by atoms with Crippen molar-refractivity contribution in [2.75, 3.05) is 0 Å². The second-order valence-electron chi connectivity index (χ2n) is 3.91. The standard InChI is InChI=1S/C13H21O2/c1-4-8-12(2)9-6-5-7-10-13(3)15-11-14/h3-4,11-12H,1,5-10H2,2H3/t12-/m0/s1. The topological polar surface area (TPSA) is 26.3 Å². The molecule has 0 unspecified atom stereocenters. The molecule has 85 valence electrons. The summed E-state index contributed by atoms with van der Waals surface area (Å²) in [5.41, 5.74) is 0. The molecule has 0 aliphatic carbocycles. The average molecular weight is 209 g/mol. The van der Waals surface area contributed by atoms with Gasteiger partial charge in [-0.25, -0.2) is 0 Å². The Kier molecular flexibility index (Phi) is 8.84. The van der Waals surface area contributed by atoms with E-state index in [9.17, 15) is 4.79 Å². The second kappa shape index (κ2) is 9.50. The predicted octanol–water partition coefficient (Wildman–Crippen LogP) is 3.64. The summed E-state index contributed by atoms with van der Waals surface area (Å²) < 4.78 is 4.51. The molecule has 0 heterocycles. The Morgan fingerprint density at radius 2 is 2.20 bits per heavy atom. The number of hydrogen-bond donors (Lipinski definition) is 0. The van der Waals surface area contributed by atoms with Crippen LogP contribution in [0.3, 0.4) is 0 Å². The van der Waals surface area contributed by atoms with E-state index in [1.165, 1.54) is 12.8 Å². The molecule has 0 aliphatic rings. The first kappa shape index (κ1) is 13.9. The molecule has 0 fully saturated rings. The van der Waals surface area contributed by atoms with E-state index in [2.05, 4.69) is 18.2 Å². The van der Waals surface area contributed by atoms with Crippen LogP contribution in [-0.2, 0) is 9.53 Å². The van der Waals surface area contributed by atoms with E-state index in [1.807, 2.05) is 6.08 Å². The Labute approximate surface area is 93.0 Å². The zero-order valence-corrected chi connectivity index (χ0v) is 9.58. The lowest BCUT2D eigenvalue weighted by Gasteiger charge is -2.07. The van der Waals surface area contributed by atoms with Crippen LogP contribution in [0.15, 0.2) is 18.4 Å². The van der Waals surface area contributed by atoms with Crippen LogP contribution in [0.1, 0.15) is 45.4 Å². The average Bonchev–Trinajstić information content (AvgIpc) is 2.18. The summed E-state index contributed by atoms with van der Waals surface area (Å²) >= 11 is 0. The maximum absolute atomic E-state index is 9.93. The Balaban J connectivity index is 3.27. The predicted molar refractivity (Wildman–Crippen MR) is 62.0 cm³/mol. The van der Waals surface area contributed by atoms with Crippen molar-refractivity contribution in [1.29, 1.82) is 0 Å². The van der Waals surface area contributed by atoms with Gasteiger partial charge < -0.3 is 4.74 Å². The van der Waals surface area contributed by atoms with Crippen molar-refractivity contribution < 1.29 is 9.53 Å².